The molecule has 0 saturated heterocycles. The minimum atomic E-state index is -0.109. The molecule has 3 heteroatoms. The SMILES string of the molecule is CC(C)(C)c1cccc(N2c3ccc(C(C)(C)C)cc3B3c4cc5c(cc4N(c4ccc(C(C)(C)C)cc4-c4ccccc4)c4cc(C(C)(C)C)cc2c43)C(C)(C)CCC5(C)C)c1. The van der Waals surface area contributed by atoms with Gasteiger partial charge in [0.05, 0.1) is 5.69 Å². The summed E-state index contributed by atoms with van der Waals surface area (Å²) in [5.74, 6) is 0. The van der Waals surface area contributed by atoms with Gasteiger partial charge in [-0.3, -0.25) is 0 Å². The fraction of sp³-hybridized carbons (Fsp3) is 0.400. The van der Waals surface area contributed by atoms with Crippen LogP contribution in [-0.2, 0) is 32.5 Å². The van der Waals surface area contributed by atoms with Crippen LogP contribution in [-0.4, -0.2) is 6.71 Å². The zero-order chi connectivity index (χ0) is 45.4. The third kappa shape index (κ3) is 7.27. The van der Waals surface area contributed by atoms with E-state index in [-0.39, 0.29) is 39.2 Å². The van der Waals surface area contributed by atoms with Gasteiger partial charge in [-0.15, -0.1) is 0 Å². The second kappa shape index (κ2) is 14.2. The Hall–Kier alpha value is -5.02. The quantitative estimate of drug-likeness (QED) is 0.164. The molecule has 0 N–H and O–H groups in total. The van der Waals surface area contributed by atoms with Crippen LogP contribution < -0.4 is 26.2 Å². The molecule has 63 heavy (non-hydrogen) atoms. The van der Waals surface area contributed by atoms with Crippen molar-refractivity contribution in [1.29, 1.82) is 0 Å². The van der Waals surface area contributed by atoms with E-state index >= 15 is 0 Å². The van der Waals surface area contributed by atoms with Crippen LogP contribution in [0.25, 0.3) is 11.1 Å². The maximum absolute atomic E-state index is 2.70. The van der Waals surface area contributed by atoms with Crippen LogP contribution in [0.4, 0.5) is 34.1 Å². The van der Waals surface area contributed by atoms with Gasteiger partial charge >= 0.3 is 0 Å². The molecule has 0 bridgehead atoms. The van der Waals surface area contributed by atoms with E-state index < -0.39 is 0 Å². The van der Waals surface area contributed by atoms with Crippen molar-refractivity contribution in [3.05, 3.63) is 149 Å². The Morgan fingerprint density at radius 1 is 0.413 bits per heavy atom. The molecule has 6 aromatic carbocycles. The van der Waals surface area contributed by atoms with Crippen molar-refractivity contribution in [1.82, 2.24) is 0 Å². The highest BCUT2D eigenvalue weighted by Crippen LogP contribution is 2.52. The van der Waals surface area contributed by atoms with E-state index in [0.717, 1.165) is 0 Å². The van der Waals surface area contributed by atoms with Gasteiger partial charge in [-0.2, -0.15) is 0 Å². The van der Waals surface area contributed by atoms with Crippen LogP contribution in [0.15, 0.2) is 115 Å². The van der Waals surface area contributed by atoms with Gasteiger partial charge in [0, 0.05) is 34.0 Å². The van der Waals surface area contributed by atoms with Crippen molar-refractivity contribution in [2.45, 2.75) is 156 Å². The van der Waals surface area contributed by atoms with E-state index in [0.29, 0.717) is 0 Å². The summed E-state index contributed by atoms with van der Waals surface area (Å²) in [5.41, 5.74) is 22.6. The molecule has 0 spiro atoms. The van der Waals surface area contributed by atoms with Gasteiger partial charge in [-0.05, 0) is 149 Å². The van der Waals surface area contributed by atoms with E-state index in [4.69, 9.17) is 0 Å². The van der Waals surface area contributed by atoms with Gasteiger partial charge < -0.3 is 9.80 Å². The number of hydrogen-bond acceptors (Lipinski definition) is 2. The lowest BCUT2D eigenvalue weighted by Crippen LogP contribution is -2.62. The van der Waals surface area contributed by atoms with Crippen molar-refractivity contribution >= 4 is 57.2 Å². The van der Waals surface area contributed by atoms with Crippen LogP contribution in [0, 0.1) is 0 Å². The number of rotatable bonds is 3. The van der Waals surface area contributed by atoms with Crippen LogP contribution in [0.1, 0.15) is 157 Å². The average Bonchev–Trinajstić information content (AvgIpc) is 3.20. The van der Waals surface area contributed by atoms with Crippen LogP contribution in [0.5, 0.6) is 0 Å². The topological polar surface area (TPSA) is 6.48 Å². The molecule has 0 saturated carbocycles. The summed E-state index contributed by atoms with van der Waals surface area (Å²) in [6.45, 7) is 38.2. The van der Waals surface area contributed by atoms with Crippen LogP contribution in [0.2, 0.25) is 0 Å². The first kappa shape index (κ1) is 43.2. The Morgan fingerprint density at radius 2 is 0.921 bits per heavy atom. The fourth-order valence-corrected chi connectivity index (χ4v) is 10.7. The lowest BCUT2D eigenvalue weighted by molar-refractivity contribution is 0.332. The number of nitrogens with zero attached hydrogens (tertiary/aromatic N) is 2. The first-order valence-corrected chi connectivity index (χ1v) is 23.7. The molecule has 2 aliphatic heterocycles. The third-order valence-corrected chi connectivity index (χ3v) is 14.9. The normalized spacial score (nSPS) is 16.6. The second-order valence-corrected chi connectivity index (χ2v) is 24.7. The zero-order valence-corrected chi connectivity index (χ0v) is 41.4. The Balaban J connectivity index is 1.48. The maximum Gasteiger partial charge on any atom is 0.252 e. The van der Waals surface area contributed by atoms with E-state index in [1.807, 2.05) is 0 Å². The molecule has 0 radical (unpaired) electrons. The van der Waals surface area contributed by atoms with Gasteiger partial charge in [0.1, 0.15) is 0 Å². The third-order valence-electron chi connectivity index (χ3n) is 14.9. The summed E-state index contributed by atoms with van der Waals surface area (Å²) in [6, 6.07) is 45.7. The molecule has 0 unspecified atom stereocenters. The summed E-state index contributed by atoms with van der Waals surface area (Å²) in [4.78, 5) is 5.33. The lowest BCUT2D eigenvalue weighted by atomic mass is 9.32. The Morgan fingerprint density at radius 3 is 1.51 bits per heavy atom. The first-order chi connectivity index (χ1) is 29.3. The number of benzene rings is 6. The second-order valence-electron chi connectivity index (χ2n) is 24.7. The summed E-state index contributed by atoms with van der Waals surface area (Å²) in [5, 5.41) is 0. The van der Waals surface area contributed by atoms with E-state index in [1.165, 1.54) is 108 Å². The highest BCUT2D eigenvalue weighted by atomic mass is 15.2. The highest BCUT2D eigenvalue weighted by Gasteiger charge is 2.47. The molecule has 9 rings (SSSR count). The summed E-state index contributed by atoms with van der Waals surface area (Å²) >= 11 is 0. The average molecular weight is 831 g/mol. The van der Waals surface area contributed by atoms with Crippen molar-refractivity contribution in [3.8, 4) is 11.1 Å². The highest BCUT2D eigenvalue weighted by molar-refractivity contribution is 7.00. The van der Waals surface area contributed by atoms with E-state index in [2.05, 4.69) is 236 Å². The van der Waals surface area contributed by atoms with E-state index in [1.54, 1.807) is 0 Å². The molecule has 6 aromatic rings. The Bertz CT molecular complexity index is 2780. The fourth-order valence-electron chi connectivity index (χ4n) is 10.7. The molecule has 1 aliphatic carbocycles. The number of hydrogen-bond donors (Lipinski definition) is 0. The predicted octanol–water partition coefficient (Wildman–Crippen LogP) is 15.0. The molecule has 0 atom stereocenters. The van der Waals surface area contributed by atoms with Crippen LogP contribution in [0.3, 0.4) is 0 Å². The largest absolute Gasteiger partial charge is 0.311 e. The van der Waals surface area contributed by atoms with Crippen molar-refractivity contribution in [2.75, 3.05) is 9.80 Å². The smallest absolute Gasteiger partial charge is 0.252 e. The van der Waals surface area contributed by atoms with Gasteiger partial charge in [0.15, 0.2) is 0 Å². The molecule has 0 aromatic heterocycles. The molecule has 2 nitrogen and oxygen atoms in total. The van der Waals surface area contributed by atoms with Crippen molar-refractivity contribution in [3.63, 3.8) is 0 Å². The monoisotopic (exact) mass is 831 g/mol. The standard InChI is InChI=1S/C60H71BN2/c1-55(2,3)39-23-20-24-43(31-39)62-50-28-26-41(57(7,8)9)33-47(50)61-48-36-45-46(60(15,16)30-29-59(45,13)14)37-51(48)63(53-35-42(58(10,11)12)34-52(62)54(53)61)49-27-25-40(56(4,5)6)32-44(49)38-21-18-17-19-22-38/h17-28,31-37H,29-30H2,1-16H3. The molecular weight excluding hydrogens is 759 g/mol. The molecule has 0 fully saturated rings. The predicted molar refractivity (Wildman–Crippen MR) is 276 cm³/mol. The summed E-state index contributed by atoms with van der Waals surface area (Å²) in [7, 11) is 0. The molecule has 324 valence electrons. The minimum absolute atomic E-state index is 0.00239. The molecular formula is C60H71BN2. The summed E-state index contributed by atoms with van der Waals surface area (Å²) < 4.78 is 0. The van der Waals surface area contributed by atoms with Crippen LogP contribution >= 0.6 is 0 Å². The van der Waals surface area contributed by atoms with Crippen molar-refractivity contribution in [2.24, 2.45) is 0 Å². The van der Waals surface area contributed by atoms with Gasteiger partial charge in [0.2, 0.25) is 0 Å². The zero-order valence-electron chi connectivity index (χ0n) is 41.4. The molecule has 0 amide bonds. The maximum atomic E-state index is 2.70. The van der Waals surface area contributed by atoms with E-state index in [9.17, 15) is 0 Å². The Kier molecular flexibility index (Phi) is 9.78. The van der Waals surface area contributed by atoms with Gasteiger partial charge in [0.25, 0.3) is 6.71 Å². The summed E-state index contributed by atoms with van der Waals surface area (Å²) in [6.07, 6.45) is 2.34. The van der Waals surface area contributed by atoms with Crippen molar-refractivity contribution < 1.29 is 0 Å². The number of anilines is 6. The molecule has 2 heterocycles. The Labute approximate surface area is 381 Å². The number of fused-ring (bicyclic) bond motifs is 5. The van der Waals surface area contributed by atoms with Gasteiger partial charge in [-0.25, -0.2) is 0 Å². The minimum Gasteiger partial charge on any atom is -0.311 e. The lowest BCUT2D eigenvalue weighted by Gasteiger charge is -2.48. The molecule has 3 aliphatic rings. The van der Waals surface area contributed by atoms with Gasteiger partial charge in [-0.1, -0.05) is 178 Å². The first-order valence-electron chi connectivity index (χ1n) is 23.7.